The van der Waals surface area contributed by atoms with Gasteiger partial charge in [-0.25, -0.2) is 4.39 Å². The molecule has 3 rings (SSSR count). The number of hydrogen-bond donors (Lipinski definition) is 0. The lowest BCUT2D eigenvalue weighted by atomic mass is 10.1. The fourth-order valence-electron chi connectivity index (χ4n) is 2.71. The SMILES string of the molecule is O=C1CCCN(Cc2cc(Br)ccc2F)c2ccccc21. The van der Waals surface area contributed by atoms with Crippen LogP contribution >= 0.6 is 15.9 Å². The highest BCUT2D eigenvalue weighted by molar-refractivity contribution is 9.10. The molecule has 0 saturated heterocycles. The summed E-state index contributed by atoms with van der Waals surface area (Å²) in [7, 11) is 0. The topological polar surface area (TPSA) is 20.3 Å². The Labute approximate surface area is 131 Å². The van der Waals surface area contributed by atoms with E-state index in [1.807, 2.05) is 24.3 Å². The Morgan fingerprint density at radius 2 is 2.00 bits per heavy atom. The summed E-state index contributed by atoms with van der Waals surface area (Å²) in [6.07, 6.45) is 1.34. The number of benzene rings is 2. The van der Waals surface area contributed by atoms with Crippen LogP contribution in [0.1, 0.15) is 28.8 Å². The number of carbonyl (C=O) groups is 1. The molecule has 0 saturated carbocycles. The summed E-state index contributed by atoms with van der Waals surface area (Å²) >= 11 is 3.38. The molecule has 2 aromatic carbocycles. The monoisotopic (exact) mass is 347 g/mol. The largest absolute Gasteiger partial charge is 0.366 e. The second-order valence-corrected chi connectivity index (χ2v) is 6.12. The average Bonchev–Trinajstić information content (AvgIpc) is 2.64. The molecule has 2 nitrogen and oxygen atoms in total. The summed E-state index contributed by atoms with van der Waals surface area (Å²) in [6.45, 7) is 1.23. The third-order valence-electron chi connectivity index (χ3n) is 3.75. The fourth-order valence-corrected chi connectivity index (χ4v) is 3.11. The van der Waals surface area contributed by atoms with E-state index < -0.39 is 0 Å². The van der Waals surface area contributed by atoms with Crippen LogP contribution in [0.2, 0.25) is 0 Å². The first kappa shape index (κ1) is 14.3. The number of anilines is 1. The molecular formula is C17H15BrFNO. The molecule has 0 radical (unpaired) electrons. The van der Waals surface area contributed by atoms with Crippen molar-refractivity contribution >= 4 is 27.4 Å². The molecule has 108 valence electrons. The Balaban J connectivity index is 1.97. The molecule has 0 unspecified atom stereocenters. The number of hydrogen-bond acceptors (Lipinski definition) is 2. The maximum atomic E-state index is 14.0. The number of fused-ring (bicyclic) bond motifs is 1. The van der Waals surface area contributed by atoms with Crippen molar-refractivity contribution in [2.24, 2.45) is 0 Å². The van der Waals surface area contributed by atoms with Gasteiger partial charge in [-0.2, -0.15) is 0 Å². The molecule has 21 heavy (non-hydrogen) atoms. The van der Waals surface area contributed by atoms with Gasteiger partial charge in [0.15, 0.2) is 5.78 Å². The normalized spacial score (nSPS) is 14.8. The summed E-state index contributed by atoms with van der Waals surface area (Å²) in [6, 6.07) is 12.5. The molecule has 0 amide bonds. The molecular weight excluding hydrogens is 333 g/mol. The van der Waals surface area contributed by atoms with Crippen LogP contribution in [0.3, 0.4) is 0 Å². The van der Waals surface area contributed by atoms with Gasteiger partial charge in [-0.3, -0.25) is 4.79 Å². The van der Waals surface area contributed by atoms with E-state index >= 15 is 0 Å². The van der Waals surface area contributed by atoms with Gasteiger partial charge in [-0.15, -0.1) is 0 Å². The Hall–Kier alpha value is -1.68. The quantitative estimate of drug-likeness (QED) is 0.792. The maximum Gasteiger partial charge on any atom is 0.165 e. The number of para-hydroxylation sites is 1. The van der Waals surface area contributed by atoms with E-state index in [0.29, 0.717) is 18.5 Å². The van der Waals surface area contributed by atoms with Crippen LogP contribution in [0.5, 0.6) is 0 Å². The first-order valence-corrected chi connectivity index (χ1v) is 7.75. The number of halogens is 2. The lowest BCUT2D eigenvalue weighted by Gasteiger charge is -2.25. The zero-order valence-corrected chi connectivity index (χ0v) is 13.1. The van der Waals surface area contributed by atoms with Crippen molar-refractivity contribution in [2.45, 2.75) is 19.4 Å². The number of nitrogens with zero attached hydrogens (tertiary/aromatic N) is 1. The van der Waals surface area contributed by atoms with Gasteiger partial charge in [0.2, 0.25) is 0 Å². The molecule has 1 aliphatic heterocycles. The maximum absolute atomic E-state index is 14.0. The van der Waals surface area contributed by atoms with Gasteiger partial charge in [0, 0.05) is 40.8 Å². The smallest absolute Gasteiger partial charge is 0.165 e. The molecule has 4 heteroatoms. The summed E-state index contributed by atoms with van der Waals surface area (Å²) in [5, 5.41) is 0. The third-order valence-corrected chi connectivity index (χ3v) is 4.24. The van der Waals surface area contributed by atoms with Crippen LogP contribution in [0, 0.1) is 5.82 Å². The van der Waals surface area contributed by atoms with E-state index in [9.17, 15) is 9.18 Å². The minimum Gasteiger partial charge on any atom is -0.366 e. The zero-order chi connectivity index (χ0) is 14.8. The van der Waals surface area contributed by atoms with Crippen molar-refractivity contribution in [1.29, 1.82) is 0 Å². The summed E-state index contributed by atoms with van der Waals surface area (Å²) < 4.78 is 14.8. The van der Waals surface area contributed by atoms with Crippen molar-refractivity contribution in [3.8, 4) is 0 Å². The van der Waals surface area contributed by atoms with Crippen molar-refractivity contribution < 1.29 is 9.18 Å². The number of rotatable bonds is 2. The van der Waals surface area contributed by atoms with Gasteiger partial charge in [0.05, 0.1) is 0 Å². The Bertz CT molecular complexity index is 686. The first-order chi connectivity index (χ1) is 10.1. The molecule has 2 aromatic rings. The Morgan fingerprint density at radius 1 is 1.19 bits per heavy atom. The van der Waals surface area contributed by atoms with Crippen molar-refractivity contribution in [3.05, 3.63) is 63.9 Å². The number of ketones is 1. The lowest BCUT2D eigenvalue weighted by molar-refractivity contribution is 0.0984. The highest BCUT2D eigenvalue weighted by atomic mass is 79.9. The third kappa shape index (κ3) is 3.00. The predicted molar refractivity (Wildman–Crippen MR) is 85.2 cm³/mol. The van der Waals surface area contributed by atoms with Gasteiger partial charge in [-0.1, -0.05) is 28.1 Å². The minimum atomic E-state index is -0.216. The van der Waals surface area contributed by atoms with Gasteiger partial charge in [-0.05, 0) is 36.8 Å². The van der Waals surface area contributed by atoms with Crippen molar-refractivity contribution in [3.63, 3.8) is 0 Å². The van der Waals surface area contributed by atoms with Gasteiger partial charge in [0.1, 0.15) is 5.82 Å². The van der Waals surface area contributed by atoms with Crippen LogP contribution < -0.4 is 4.90 Å². The molecule has 0 atom stereocenters. The standard InChI is InChI=1S/C17H15BrFNO/c18-13-7-8-15(19)12(10-13)11-20-9-3-6-17(21)14-4-1-2-5-16(14)20/h1-2,4-5,7-8,10H,3,6,9,11H2. The molecule has 0 bridgehead atoms. The molecule has 1 heterocycles. The Morgan fingerprint density at radius 3 is 2.86 bits per heavy atom. The number of Topliss-reactive ketones (excluding diaryl/α,β-unsaturated/α-hetero) is 1. The van der Waals surface area contributed by atoms with E-state index in [-0.39, 0.29) is 11.6 Å². The first-order valence-electron chi connectivity index (χ1n) is 6.96. The lowest BCUT2D eigenvalue weighted by Crippen LogP contribution is -2.24. The second-order valence-electron chi connectivity index (χ2n) is 5.20. The van der Waals surface area contributed by atoms with E-state index in [2.05, 4.69) is 20.8 Å². The van der Waals surface area contributed by atoms with Gasteiger partial charge in [0.25, 0.3) is 0 Å². The van der Waals surface area contributed by atoms with Crippen LogP contribution in [-0.2, 0) is 6.54 Å². The fraction of sp³-hybridized carbons (Fsp3) is 0.235. The molecule has 0 aromatic heterocycles. The average molecular weight is 348 g/mol. The number of carbonyl (C=O) groups excluding carboxylic acids is 1. The Kier molecular flexibility index (Phi) is 4.06. The van der Waals surface area contributed by atoms with E-state index in [4.69, 9.17) is 0 Å². The van der Waals surface area contributed by atoms with E-state index in [1.54, 1.807) is 12.1 Å². The van der Waals surface area contributed by atoms with Crippen LogP contribution in [0.4, 0.5) is 10.1 Å². The molecule has 0 fully saturated rings. The minimum absolute atomic E-state index is 0.169. The summed E-state index contributed by atoms with van der Waals surface area (Å²) in [4.78, 5) is 14.2. The zero-order valence-electron chi connectivity index (χ0n) is 11.5. The van der Waals surface area contributed by atoms with Gasteiger partial charge >= 0.3 is 0 Å². The molecule has 0 N–H and O–H groups in total. The van der Waals surface area contributed by atoms with E-state index in [0.717, 1.165) is 28.7 Å². The summed E-state index contributed by atoms with van der Waals surface area (Å²) in [5.74, 6) is -0.0472. The van der Waals surface area contributed by atoms with Crippen molar-refractivity contribution in [1.82, 2.24) is 0 Å². The predicted octanol–water partition coefficient (Wildman–Crippen LogP) is 4.57. The van der Waals surface area contributed by atoms with Crippen LogP contribution in [-0.4, -0.2) is 12.3 Å². The summed E-state index contributed by atoms with van der Waals surface area (Å²) in [5.41, 5.74) is 2.28. The molecule has 0 spiro atoms. The highest BCUT2D eigenvalue weighted by Crippen LogP contribution is 2.28. The van der Waals surface area contributed by atoms with Crippen molar-refractivity contribution in [2.75, 3.05) is 11.4 Å². The van der Waals surface area contributed by atoms with E-state index in [1.165, 1.54) is 6.07 Å². The van der Waals surface area contributed by atoms with Gasteiger partial charge < -0.3 is 4.90 Å². The van der Waals surface area contributed by atoms with Crippen LogP contribution in [0.15, 0.2) is 46.9 Å². The van der Waals surface area contributed by atoms with Crippen LogP contribution in [0.25, 0.3) is 0 Å². The second kappa shape index (κ2) is 5.98. The molecule has 0 aliphatic carbocycles. The highest BCUT2D eigenvalue weighted by Gasteiger charge is 2.21. The molecule has 1 aliphatic rings.